The highest BCUT2D eigenvalue weighted by Gasteiger charge is 2.14. The van der Waals surface area contributed by atoms with Gasteiger partial charge in [-0.1, -0.05) is 61.2 Å². The summed E-state index contributed by atoms with van der Waals surface area (Å²) in [6.07, 6.45) is 4.49. The second-order valence-corrected chi connectivity index (χ2v) is 6.66. The second kappa shape index (κ2) is 4.23. The maximum Gasteiger partial charge on any atom is 0.00231 e. The quantitative estimate of drug-likeness (QED) is 0.625. The Balaban J connectivity index is 2.15. The first-order valence-electron chi connectivity index (χ1n) is 6.84. The van der Waals surface area contributed by atoms with Crippen molar-refractivity contribution in [2.45, 2.75) is 6.92 Å². The van der Waals surface area contributed by atoms with E-state index in [2.05, 4.69) is 68.1 Å². The van der Waals surface area contributed by atoms with E-state index < -0.39 is 0 Å². The molecular formula is C19H15P. The van der Waals surface area contributed by atoms with Crippen LogP contribution in [0.1, 0.15) is 12.5 Å². The van der Waals surface area contributed by atoms with Crippen LogP contribution in [0.25, 0.3) is 40.1 Å². The van der Waals surface area contributed by atoms with Gasteiger partial charge in [0.1, 0.15) is 0 Å². The first-order chi connectivity index (χ1) is 9.75. The molecule has 1 heteroatoms. The molecule has 20 heavy (non-hydrogen) atoms. The molecular weight excluding hydrogens is 259 g/mol. The van der Waals surface area contributed by atoms with E-state index in [4.69, 9.17) is 0 Å². The molecule has 1 unspecified atom stereocenters. The van der Waals surface area contributed by atoms with E-state index in [-0.39, 0.29) is 0 Å². The Hall–Kier alpha value is -2.04. The molecule has 96 valence electrons. The molecule has 0 nitrogen and oxygen atoms in total. The second-order valence-electron chi connectivity index (χ2n) is 5.31. The largest absolute Gasteiger partial charge is 0.124 e. The van der Waals surface area contributed by atoms with E-state index in [1.54, 1.807) is 0 Å². The van der Waals surface area contributed by atoms with E-state index >= 15 is 0 Å². The third-order valence-electron chi connectivity index (χ3n) is 4.07. The molecule has 0 saturated carbocycles. The zero-order valence-electron chi connectivity index (χ0n) is 11.4. The molecule has 1 heterocycles. The zero-order valence-corrected chi connectivity index (χ0v) is 12.4. The van der Waals surface area contributed by atoms with Crippen molar-refractivity contribution in [3.05, 3.63) is 64.0 Å². The van der Waals surface area contributed by atoms with Crippen molar-refractivity contribution < 1.29 is 0 Å². The van der Waals surface area contributed by atoms with Gasteiger partial charge in [-0.05, 0) is 39.3 Å². The summed E-state index contributed by atoms with van der Waals surface area (Å²) in [6.45, 7) is 6.52. The summed E-state index contributed by atoms with van der Waals surface area (Å²) in [6, 6.07) is 15.2. The molecule has 1 aromatic heterocycles. The van der Waals surface area contributed by atoms with Crippen molar-refractivity contribution in [2.24, 2.45) is 0 Å². The fourth-order valence-electron chi connectivity index (χ4n) is 3.09. The average molecular weight is 274 g/mol. The first-order valence-corrected chi connectivity index (χ1v) is 7.84. The molecule has 0 aliphatic heterocycles. The van der Waals surface area contributed by atoms with Crippen LogP contribution in [-0.2, 0) is 0 Å². The van der Waals surface area contributed by atoms with Crippen LogP contribution >= 0.6 is 8.19 Å². The van der Waals surface area contributed by atoms with Gasteiger partial charge in [0.2, 0.25) is 0 Å². The Labute approximate surface area is 119 Å². The van der Waals surface area contributed by atoms with Gasteiger partial charge in [-0.3, -0.25) is 0 Å². The van der Waals surface area contributed by atoms with E-state index in [0.29, 0.717) is 0 Å². The minimum absolute atomic E-state index is 0.722. The summed E-state index contributed by atoms with van der Waals surface area (Å²) in [4.78, 5) is 2.76. The van der Waals surface area contributed by atoms with Crippen molar-refractivity contribution in [1.29, 1.82) is 0 Å². The molecule has 0 saturated heterocycles. The Kier molecular flexibility index (Phi) is 2.49. The SMILES string of the molecule is C=c1[pH]c2c(c1-c1cccc3ccccc13)C=CC=2C. The Morgan fingerprint density at radius 1 is 0.950 bits per heavy atom. The fraction of sp³-hybridized carbons (Fsp3) is 0.0526. The standard InChI is InChI=1S/C19H15P/c1-12-10-11-17-18(13(2)20-19(12)17)16-9-5-7-14-6-3-4-8-15(14)16/h3-11,20H,2H2,1H3. The number of rotatable bonds is 1. The first kappa shape index (κ1) is 11.8. The average Bonchev–Trinajstić information content (AvgIpc) is 2.98. The summed E-state index contributed by atoms with van der Waals surface area (Å²) in [5.74, 6) is 0. The van der Waals surface area contributed by atoms with Crippen molar-refractivity contribution >= 4 is 37.2 Å². The number of benzene rings is 2. The van der Waals surface area contributed by atoms with E-state index in [1.165, 1.54) is 42.9 Å². The van der Waals surface area contributed by atoms with Gasteiger partial charge in [0.05, 0.1) is 0 Å². The maximum atomic E-state index is 4.32. The Morgan fingerprint density at radius 3 is 2.65 bits per heavy atom. The molecule has 0 amide bonds. The Morgan fingerprint density at radius 2 is 1.75 bits per heavy atom. The number of fused-ring (bicyclic) bond motifs is 2. The van der Waals surface area contributed by atoms with E-state index in [1.807, 2.05) is 0 Å². The van der Waals surface area contributed by atoms with Crippen molar-refractivity contribution in [3.8, 4) is 11.1 Å². The van der Waals surface area contributed by atoms with Crippen LogP contribution in [0.5, 0.6) is 0 Å². The zero-order chi connectivity index (χ0) is 13.7. The third-order valence-corrected chi connectivity index (χ3v) is 5.54. The minimum Gasteiger partial charge on any atom is -0.124 e. The normalized spacial score (nSPS) is 13.6. The van der Waals surface area contributed by atoms with Crippen LogP contribution < -0.4 is 9.90 Å². The molecule has 1 atom stereocenters. The molecule has 3 aromatic rings. The van der Waals surface area contributed by atoms with E-state index in [0.717, 1.165) is 8.19 Å². The van der Waals surface area contributed by atoms with Crippen LogP contribution in [-0.4, -0.2) is 0 Å². The molecule has 0 fully saturated rings. The fourth-order valence-corrected chi connectivity index (χ4v) is 4.41. The van der Waals surface area contributed by atoms with Gasteiger partial charge < -0.3 is 0 Å². The van der Waals surface area contributed by atoms with Crippen LogP contribution in [0.2, 0.25) is 0 Å². The van der Waals surface area contributed by atoms with Crippen molar-refractivity contribution in [1.82, 2.24) is 0 Å². The molecule has 0 bridgehead atoms. The van der Waals surface area contributed by atoms with Gasteiger partial charge >= 0.3 is 0 Å². The lowest BCUT2D eigenvalue weighted by Crippen LogP contribution is -1.96. The predicted molar refractivity (Wildman–Crippen MR) is 91.8 cm³/mol. The van der Waals surface area contributed by atoms with Gasteiger partial charge in [0, 0.05) is 10.5 Å². The topological polar surface area (TPSA) is 0 Å². The third kappa shape index (κ3) is 1.55. The summed E-state index contributed by atoms with van der Waals surface area (Å²) in [5, 5.41) is 2.62. The predicted octanol–water partition coefficient (Wildman–Crippen LogP) is 4.15. The summed E-state index contributed by atoms with van der Waals surface area (Å²) >= 11 is 0. The van der Waals surface area contributed by atoms with Crippen molar-refractivity contribution in [3.63, 3.8) is 0 Å². The lowest BCUT2D eigenvalue weighted by molar-refractivity contribution is 1.67. The molecule has 1 aliphatic rings. The van der Waals surface area contributed by atoms with Gasteiger partial charge in [0.25, 0.3) is 0 Å². The summed E-state index contributed by atoms with van der Waals surface area (Å²) < 4.78 is 0. The summed E-state index contributed by atoms with van der Waals surface area (Å²) in [7, 11) is 0.722. The van der Waals surface area contributed by atoms with Crippen LogP contribution in [0.4, 0.5) is 0 Å². The van der Waals surface area contributed by atoms with Gasteiger partial charge in [-0.15, -0.1) is 8.19 Å². The van der Waals surface area contributed by atoms with Crippen LogP contribution in [0.3, 0.4) is 0 Å². The van der Waals surface area contributed by atoms with E-state index in [9.17, 15) is 0 Å². The molecule has 0 N–H and O–H groups in total. The van der Waals surface area contributed by atoms with Crippen LogP contribution in [0.15, 0.2) is 48.5 Å². The maximum absolute atomic E-state index is 4.32. The lowest BCUT2D eigenvalue weighted by Gasteiger charge is -2.07. The molecule has 0 radical (unpaired) electrons. The van der Waals surface area contributed by atoms with Gasteiger partial charge in [-0.2, -0.15) is 0 Å². The number of hydrogen-bond donors (Lipinski definition) is 0. The summed E-state index contributed by atoms with van der Waals surface area (Å²) in [5.41, 5.74) is 5.46. The number of allylic oxidation sites excluding steroid dienone is 1. The van der Waals surface area contributed by atoms with Crippen LogP contribution in [0, 0.1) is 0 Å². The minimum atomic E-state index is 0.722. The highest BCUT2D eigenvalue weighted by molar-refractivity contribution is 7.28. The smallest absolute Gasteiger partial charge is 0.00231 e. The van der Waals surface area contributed by atoms with Gasteiger partial charge in [-0.25, -0.2) is 0 Å². The number of hydrogen-bond acceptors (Lipinski definition) is 0. The highest BCUT2D eigenvalue weighted by atomic mass is 31.0. The Bertz CT molecular complexity index is 965. The van der Waals surface area contributed by atoms with Crippen molar-refractivity contribution in [2.75, 3.05) is 0 Å². The molecule has 4 rings (SSSR count). The highest BCUT2D eigenvalue weighted by Crippen LogP contribution is 2.31. The molecule has 0 spiro atoms. The monoisotopic (exact) mass is 274 g/mol. The molecule has 2 aromatic carbocycles. The molecule has 1 aliphatic carbocycles. The lowest BCUT2D eigenvalue weighted by atomic mass is 9.97. The van der Waals surface area contributed by atoms with Gasteiger partial charge in [0.15, 0.2) is 0 Å².